The largest absolute Gasteiger partial charge is 0.465 e. The van der Waals surface area contributed by atoms with E-state index >= 15 is 0 Å². The first-order chi connectivity index (χ1) is 9.91. The summed E-state index contributed by atoms with van der Waals surface area (Å²) in [4.78, 5) is 11.9. The van der Waals surface area contributed by atoms with Crippen molar-refractivity contribution >= 4 is 17.3 Å². The van der Waals surface area contributed by atoms with Gasteiger partial charge in [0.25, 0.3) is 0 Å². The Labute approximate surface area is 125 Å². The number of nitrogen functional groups attached to an aromatic ring is 1. The van der Waals surface area contributed by atoms with Crippen LogP contribution < -0.4 is 11.1 Å². The molecule has 1 aliphatic rings. The first-order valence-corrected chi connectivity index (χ1v) is 7.26. The summed E-state index contributed by atoms with van der Waals surface area (Å²) in [5, 5.41) is 3.40. The van der Waals surface area contributed by atoms with E-state index in [0.717, 1.165) is 6.42 Å². The molecule has 0 bridgehead atoms. The number of rotatable bonds is 5. The van der Waals surface area contributed by atoms with E-state index in [1.165, 1.54) is 7.11 Å². The van der Waals surface area contributed by atoms with Crippen LogP contribution in [-0.2, 0) is 9.47 Å². The third-order valence-electron chi connectivity index (χ3n) is 4.37. The van der Waals surface area contributed by atoms with Crippen LogP contribution in [0.4, 0.5) is 11.4 Å². The van der Waals surface area contributed by atoms with Crippen LogP contribution >= 0.6 is 0 Å². The maximum Gasteiger partial charge on any atom is 0.340 e. The highest BCUT2D eigenvalue weighted by Crippen LogP contribution is 2.45. The van der Waals surface area contributed by atoms with Crippen LogP contribution in [0.15, 0.2) is 18.2 Å². The van der Waals surface area contributed by atoms with Crippen molar-refractivity contribution in [1.82, 2.24) is 0 Å². The van der Waals surface area contributed by atoms with Crippen LogP contribution in [0, 0.1) is 5.41 Å². The molecule has 5 nitrogen and oxygen atoms in total. The van der Waals surface area contributed by atoms with Gasteiger partial charge in [-0.25, -0.2) is 4.79 Å². The Hall–Kier alpha value is -1.75. The van der Waals surface area contributed by atoms with Crippen molar-refractivity contribution in [3.8, 4) is 0 Å². The maximum absolute atomic E-state index is 11.9. The van der Waals surface area contributed by atoms with E-state index in [4.69, 9.17) is 15.2 Å². The predicted octanol–water partition coefficient (Wildman–Crippen LogP) is 2.67. The number of ether oxygens (including phenoxy) is 2. The van der Waals surface area contributed by atoms with Gasteiger partial charge in [-0.2, -0.15) is 0 Å². The standard InChI is InChI=1S/C16H24N2O3/c1-5-21-13-9-12(16(13,2)3)18-14-10(15(19)20-4)7-6-8-11(14)17/h6-8,12-13,18H,5,9,17H2,1-4H3. The number of esters is 1. The molecule has 0 aliphatic heterocycles. The highest BCUT2D eigenvalue weighted by molar-refractivity contribution is 5.98. The molecule has 0 heterocycles. The van der Waals surface area contributed by atoms with E-state index in [-0.39, 0.29) is 23.5 Å². The number of carbonyl (C=O) groups is 1. The van der Waals surface area contributed by atoms with Gasteiger partial charge in [0, 0.05) is 18.1 Å². The van der Waals surface area contributed by atoms with Crippen LogP contribution in [0.5, 0.6) is 0 Å². The van der Waals surface area contributed by atoms with E-state index in [2.05, 4.69) is 19.2 Å². The van der Waals surface area contributed by atoms with Gasteiger partial charge in [-0.3, -0.25) is 0 Å². The molecule has 0 radical (unpaired) electrons. The fraction of sp³-hybridized carbons (Fsp3) is 0.562. The normalized spacial score (nSPS) is 23.2. The second-order valence-corrected chi connectivity index (χ2v) is 5.96. The second kappa shape index (κ2) is 5.93. The van der Waals surface area contributed by atoms with Gasteiger partial charge in [-0.05, 0) is 25.5 Å². The molecule has 5 heteroatoms. The molecule has 0 spiro atoms. The van der Waals surface area contributed by atoms with Crippen LogP contribution in [0.3, 0.4) is 0 Å². The summed E-state index contributed by atoms with van der Waals surface area (Å²) in [5.41, 5.74) is 7.68. The minimum absolute atomic E-state index is 0.00825. The third-order valence-corrected chi connectivity index (χ3v) is 4.37. The Morgan fingerprint density at radius 3 is 2.76 bits per heavy atom. The van der Waals surface area contributed by atoms with Crippen molar-refractivity contribution in [1.29, 1.82) is 0 Å². The average Bonchev–Trinajstić information content (AvgIpc) is 2.46. The lowest BCUT2D eigenvalue weighted by Gasteiger charge is -2.52. The second-order valence-electron chi connectivity index (χ2n) is 5.96. The zero-order valence-corrected chi connectivity index (χ0v) is 13.1. The van der Waals surface area contributed by atoms with E-state index in [0.29, 0.717) is 23.5 Å². The van der Waals surface area contributed by atoms with E-state index in [1.807, 2.05) is 6.92 Å². The van der Waals surface area contributed by atoms with Crippen molar-refractivity contribution in [2.24, 2.45) is 5.41 Å². The minimum Gasteiger partial charge on any atom is -0.465 e. The monoisotopic (exact) mass is 292 g/mol. The van der Waals surface area contributed by atoms with E-state index < -0.39 is 0 Å². The van der Waals surface area contributed by atoms with Gasteiger partial charge in [0.05, 0.1) is 30.2 Å². The number of nitrogens with two attached hydrogens (primary N) is 1. The summed E-state index contributed by atoms with van der Waals surface area (Å²) in [5.74, 6) is -0.386. The fourth-order valence-corrected chi connectivity index (χ4v) is 2.80. The molecule has 21 heavy (non-hydrogen) atoms. The van der Waals surface area contributed by atoms with Gasteiger partial charge < -0.3 is 20.5 Å². The zero-order chi connectivity index (χ0) is 15.6. The van der Waals surface area contributed by atoms with Gasteiger partial charge in [0.2, 0.25) is 0 Å². The summed E-state index contributed by atoms with van der Waals surface area (Å²) in [6.07, 6.45) is 1.13. The Bertz CT molecular complexity index is 528. The summed E-state index contributed by atoms with van der Waals surface area (Å²) < 4.78 is 10.5. The van der Waals surface area contributed by atoms with Crippen molar-refractivity contribution < 1.29 is 14.3 Å². The van der Waals surface area contributed by atoms with Gasteiger partial charge >= 0.3 is 5.97 Å². The van der Waals surface area contributed by atoms with Gasteiger partial charge in [-0.1, -0.05) is 19.9 Å². The molecule has 0 amide bonds. The molecule has 0 aromatic heterocycles. The van der Waals surface area contributed by atoms with Gasteiger partial charge in [-0.15, -0.1) is 0 Å². The lowest BCUT2D eigenvalue weighted by molar-refractivity contribution is -0.0975. The Morgan fingerprint density at radius 1 is 1.48 bits per heavy atom. The van der Waals surface area contributed by atoms with Crippen LogP contribution in [0.25, 0.3) is 0 Å². The molecule has 2 unspecified atom stereocenters. The van der Waals surface area contributed by atoms with E-state index in [9.17, 15) is 4.79 Å². The molecule has 1 aromatic carbocycles. The minimum atomic E-state index is -0.386. The molecule has 116 valence electrons. The lowest BCUT2D eigenvalue weighted by Crippen LogP contribution is -2.58. The third kappa shape index (κ3) is 2.83. The van der Waals surface area contributed by atoms with Crippen molar-refractivity contribution in [2.75, 3.05) is 24.8 Å². The quantitative estimate of drug-likeness (QED) is 0.645. The highest BCUT2D eigenvalue weighted by Gasteiger charge is 2.49. The molecule has 1 saturated carbocycles. The molecule has 0 saturated heterocycles. The Kier molecular flexibility index (Phi) is 4.42. The van der Waals surface area contributed by atoms with Crippen molar-refractivity contribution in [3.63, 3.8) is 0 Å². The fourth-order valence-electron chi connectivity index (χ4n) is 2.80. The average molecular weight is 292 g/mol. The molecule has 1 aromatic rings. The number of benzene rings is 1. The molecule has 2 rings (SSSR count). The summed E-state index contributed by atoms with van der Waals surface area (Å²) >= 11 is 0. The number of methoxy groups -OCH3 is 1. The number of para-hydroxylation sites is 1. The number of hydrogen-bond donors (Lipinski definition) is 2. The SMILES string of the molecule is CCOC1CC(Nc2c(N)cccc2C(=O)OC)C1(C)C. The topological polar surface area (TPSA) is 73.6 Å². The van der Waals surface area contributed by atoms with Crippen molar-refractivity contribution in [2.45, 2.75) is 39.3 Å². The molecular weight excluding hydrogens is 268 g/mol. The van der Waals surface area contributed by atoms with Crippen LogP contribution in [-0.4, -0.2) is 31.8 Å². The lowest BCUT2D eigenvalue weighted by atomic mass is 9.64. The maximum atomic E-state index is 11.9. The van der Waals surface area contributed by atoms with Crippen LogP contribution in [0.2, 0.25) is 0 Å². The van der Waals surface area contributed by atoms with Gasteiger partial charge in [0.1, 0.15) is 0 Å². The zero-order valence-electron chi connectivity index (χ0n) is 13.1. The number of anilines is 2. The number of hydrogen-bond acceptors (Lipinski definition) is 5. The summed E-state index contributed by atoms with van der Waals surface area (Å²) in [6.45, 7) is 7.03. The molecule has 3 N–H and O–H groups in total. The molecule has 2 atom stereocenters. The summed E-state index contributed by atoms with van der Waals surface area (Å²) in [7, 11) is 1.37. The van der Waals surface area contributed by atoms with Crippen molar-refractivity contribution in [3.05, 3.63) is 23.8 Å². The smallest absolute Gasteiger partial charge is 0.340 e. The predicted molar refractivity (Wildman–Crippen MR) is 83.4 cm³/mol. The Balaban J connectivity index is 2.20. The molecule has 1 fully saturated rings. The first kappa shape index (κ1) is 15.6. The first-order valence-electron chi connectivity index (χ1n) is 7.26. The highest BCUT2D eigenvalue weighted by atomic mass is 16.5. The number of carbonyl (C=O) groups excluding carboxylic acids is 1. The molecular formula is C16H24N2O3. The molecule has 1 aliphatic carbocycles. The summed E-state index contributed by atoms with van der Waals surface area (Å²) in [6, 6.07) is 5.46. The van der Waals surface area contributed by atoms with Crippen LogP contribution in [0.1, 0.15) is 37.6 Å². The number of nitrogens with one attached hydrogen (secondary N) is 1. The van der Waals surface area contributed by atoms with E-state index in [1.54, 1.807) is 18.2 Å². The van der Waals surface area contributed by atoms with Gasteiger partial charge in [0.15, 0.2) is 0 Å². The Morgan fingerprint density at radius 2 is 2.19 bits per heavy atom.